The SMILES string of the molecule is O=C1OC(c2cccc(F)c2)[C@@H]2C(=O)OC(c3cccc(F)c3)[C@H]12. The van der Waals surface area contributed by atoms with Crippen molar-refractivity contribution in [2.45, 2.75) is 12.2 Å². The molecule has 2 aliphatic rings. The fraction of sp³-hybridized carbons (Fsp3) is 0.222. The Bertz CT molecular complexity index is 766. The number of halogens is 2. The highest BCUT2D eigenvalue weighted by Crippen LogP contribution is 2.51. The summed E-state index contributed by atoms with van der Waals surface area (Å²) in [5, 5.41) is 0. The summed E-state index contributed by atoms with van der Waals surface area (Å²) in [5.74, 6) is -3.91. The standard InChI is InChI=1S/C18H12F2O4/c19-11-5-1-3-9(7-11)15-13-14(18(22)23-15)16(24-17(13)21)10-4-2-6-12(20)8-10/h1-8,13-16H/t13-,14-,15?,16?/m1/s1. The second-order valence-corrected chi connectivity index (χ2v) is 5.88. The minimum absolute atomic E-state index is 0.396. The van der Waals surface area contributed by atoms with Gasteiger partial charge in [-0.2, -0.15) is 0 Å². The molecule has 0 aliphatic carbocycles. The molecule has 0 spiro atoms. The summed E-state index contributed by atoms with van der Waals surface area (Å²) in [6, 6.07) is 11.1. The van der Waals surface area contributed by atoms with Gasteiger partial charge < -0.3 is 9.47 Å². The maximum absolute atomic E-state index is 13.4. The lowest BCUT2D eigenvalue weighted by molar-refractivity contribution is -0.154. The number of rotatable bonds is 2. The molecule has 0 bridgehead atoms. The quantitative estimate of drug-likeness (QED) is 0.794. The van der Waals surface area contributed by atoms with Gasteiger partial charge in [0.05, 0.1) is 0 Å². The van der Waals surface area contributed by atoms with Gasteiger partial charge >= 0.3 is 11.9 Å². The zero-order valence-electron chi connectivity index (χ0n) is 12.3. The molecular formula is C18H12F2O4. The molecule has 6 heteroatoms. The molecule has 0 saturated carbocycles. The topological polar surface area (TPSA) is 52.6 Å². The highest BCUT2D eigenvalue weighted by Gasteiger charge is 2.60. The van der Waals surface area contributed by atoms with Crippen molar-refractivity contribution >= 4 is 11.9 Å². The van der Waals surface area contributed by atoms with Crippen molar-refractivity contribution in [1.29, 1.82) is 0 Å². The predicted molar refractivity (Wildman–Crippen MR) is 77.4 cm³/mol. The van der Waals surface area contributed by atoms with Gasteiger partial charge in [-0.1, -0.05) is 24.3 Å². The maximum Gasteiger partial charge on any atom is 0.314 e. The monoisotopic (exact) mass is 330 g/mol. The minimum atomic E-state index is -0.899. The van der Waals surface area contributed by atoms with Gasteiger partial charge in [0, 0.05) is 0 Å². The Morgan fingerprint density at radius 1 is 0.708 bits per heavy atom. The molecule has 2 aromatic rings. The van der Waals surface area contributed by atoms with Gasteiger partial charge in [0.1, 0.15) is 35.7 Å². The van der Waals surface area contributed by atoms with E-state index in [1.54, 1.807) is 12.1 Å². The molecule has 2 heterocycles. The van der Waals surface area contributed by atoms with E-state index in [-0.39, 0.29) is 0 Å². The van der Waals surface area contributed by atoms with Crippen molar-refractivity contribution in [2.75, 3.05) is 0 Å². The molecule has 2 fully saturated rings. The van der Waals surface area contributed by atoms with E-state index >= 15 is 0 Å². The molecule has 4 nitrogen and oxygen atoms in total. The molecule has 2 saturated heterocycles. The second kappa shape index (κ2) is 5.40. The molecule has 4 atom stereocenters. The minimum Gasteiger partial charge on any atom is -0.456 e. The van der Waals surface area contributed by atoms with Crippen LogP contribution < -0.4 is 0 Å². The van der Waals surface area contributed by atoms with E-state index in [2.05, 4.69) is 0 Å². The molecule has 0 N–H and O–H groups in total. The third-order valence-corrected chi connectivity index (χ3v) is 4.42. The molecule has 0 aromatic heterocycles. The molecule has 2 aromatic carbocycles. The Morgan fingerprint density at radius 3 is 1.50 bits per heavy atom. The van der Waals surface area contributed by atoms with E-state index in [9.17, 15) is 18.4 Å². The van der Waals surface area contributed by atoms with E-state index in [0.29, 0.717) is 11.1 Å². The summed E-state index contributed by atoms with van der Waals surface area (Å²) >= 11 is 0. The van der Waals surface area contributed by atoms with Crippen LogP contribution in [0.25, 0.3) is 0 Å². The predicted octanol–water partition coefficient (Wildman–Crippen LogP) is 3.09. The number of hydrogen-bond acceptors (Lipinski definition) is 4. The summed E-state index contributed by atoms with van der Waals surface area (Å²) in [6.45, 7) is 0. The van der Waals surface area contributed by atoms with Crippen LogP contribution in [0.3, 0.4) is 0 Å². The fourth-order valence-corrected chi connectivity index (χ4v) is 3.39. The Hall–Kier alpha value is -2.76. The molecule has 2 unspecified atom stereocenters. The van der Waals surface area contributed by atoms with Crippen molar-refractivity contribution < 1.29 is 27.8 Å². The molecule has 0 amide bonds. The summed E-state index contributed by atoms with van der Waals surface area (Å²) < 4.78 is 37.5. The number of hydrogen-bond donors (Lipinski definition) is 0. The number of esters is 2. The normalized spacial score (nSPS) is 28.4. The van der Waals surface area contributed by atoms with E-state index in [4.69, 9.17) is 9.47 Å². The van der Waals surface area contributed by atoms with E-state index in [1.165, 1.54) is 36.4 Å². The van der Waals surface area contributed by atoms with Crippen molar-refractivity contribution in [2.24, 2.45) is 11.8 Å². The van der Waals surface area contributed by atoms with Gasteiger partial charge in [0.2, 0.25) is 0 Å². The van der Waals surface area contributed by atoms with Crippen LogP contribution in [-0.2, 0) is 19.1 Å². The molecule has 0 radical (unpaired) electrons. The molecule has 4 rings (SSSR count). The third kappa shape index (κ3) is 2.26. The smallest absolute Gasteiger partial charge is 0.314 e. The Morgan fingerprint density at radius 2 is 1.12 bits per heavy atom. The first-order valence-corrected chi connectivity index (χ1v) is 7.46. The number of carbonyl (C=O) groups excluding carboxylic acids is 2. The van der Waals surface area contributed by atoms with Gasteiger partial charge in [0.15, 0.2) is 0 Å². The van der Waals surface area contributed by atoms with Gasteiger partial charge in [-0.3, -0.25) is 9.59 Å². The maximum atomic E-state index is 13.4. The van der Waals surface area contributed by atoms with E-state index in [0.717, 1.165) is 0 Å². The van der Waals surface area contributed by atoms with Crippen LogP contribution in [0.5, 0.6) is 0 Å². The second-order valence-electron chi connectivity index (χ2n) is 5.88. The summed E-state index contributed by atoms with van der Waals surface area (Å²) in [4.78, 5) is 24.6. The Balaban J connectivity index is 1.72. The van der Waals surface area contributed by atoms with Gasteiger partial charge in [-0.15, -0.1) is 0 Å². The first kappa shape index (κ1) is 14.8. The zero-order chi connectivity index (χ0) is 16.8. The number of benzene rings is 2. The van der Waals surface area contributed by atoms with Crippen LogP contribution in [0.2, 0.25) is 0 Å². The van der Waals surface area contributed by atoms with Crippen molar-refractivity contribution in [3.8, 4) is 0 Å². The van der Waals surface area contributed by atoms with Crippen LogP contribution in [0.1, 0.15) is 23.3 Å². The zero-order valence-corrected chi connectivity index (χ0v) is 12.3. The lowest BCUT2D eigenvalue weighted by Crippen LogP contribution is -2.19. The lowest BCUT2D eigenvalue weighted by atomic mass is 9.84. The van der Waals surface area contributed by atoms with Gasteiger partial charge in [-0.05, 0) is 35.4 Å². The summed E-state index contributed by atoms with van der Waals surface area (Å²) in [7, 11) is 0. The van der Waals surface area contributed by atoms with Crippen LogP contribution >= 0.6 is 0 Å². The highest BCUT2D eigenvalue weighted by atomic mass is 19.1. The molecule has 122 valence electrons. The van der Waals surface area contributed by atoms with Crippen LogP contribution in [0.4, 0.5) is 8.78 Å². The Labute approximate surface area is 136 Å². The number of cyclic esters (lactones) is 2. The molecule has 2 aliphatic heterocycles. The Kier molecular flexibility index (Phi) is 3.33. The fourth-order valence-electron chi connectivity index (χ4n) is 3.39. The summed E-state index contributed by atoms with van der Waals surface area (Å²) in [5.41, 5.74) is 0.792. The molecular weight excluding hydrogens is 318 g/mol. The largest absolute Gasteiger partial charge is 0.456 e. The average molecular weight is 330 g/mol. The van der Waals surface area contributed by atoms with Crippen LogP contribution in [0.15, 0.2) is 48.5 Å². The molecule has 24 heavy (non-hydrogen) atoms. The van der Waals surface area contributed by atoms with E-state index in [1.807, 2.05) is 0 Å². The highest BCUT2D eigenvalue weighted by molar-refractivity contribution is 5.89. The van der Waals surface area contributed by atoms with Gasteiger partial charge in [-0.25, -0.2) is 8.78 Å². The average Bonchev–Trinajstić information content (AvgIpc) is 3.07. The number of ether oxygens (including phenoxy) is 2. The first-order valence-electron chi connectivity index (χ1n) is 7.46. The van der Waals surface area contributed by atoms with Crippen LogP contribution in [-0.4, -0.2) is 11.9 Å². The first-order chi connectivity index (χ1) is 11.5. The van der Waals surface area contributed by atoms with Crippen molar-refractivity contribution in [3.63, 3.8) is 0 Å². The van der Waals surface area contributed by atoms with Crippen molar-refractivity contribution in [3.05, 3.63) is 71.3 Å². The number of fused-ring (bicyclic) bond motifs is 1. The lowest BCUT2D eigenvalue weighted by Gasteiger charge is -2.15. The third-order valence-electron chi connectivity index (χ3n) is 4.42. The van der Waals surface area contributed by atoms with Crippen LogP contribution in [0, 0.1) is 23.5 Å². The van der Waals surface area contributed by atoms with Gasteiger partial charge in [0.25, 0.3) is 0 Å². The number of carbonyl (C=O) groups is 2. The summed E-state index contributed by atoms with van der Waals surface area (Å²) in [6.07, 6.45) is -1.80. The van der Waals surface area contributed by atoms with E-state index < -0.39 is 47.6 Å². The van der Waals surface area contributed by atoms with Crippen molar-refractivity contribution in [1.82, 2.24) is 0 Å².